The number of anilines is 3. The number of benzene rings is 10. The number of rotatable bonds is 6. The van der Waals surface area contributed by atoms with Gasteiger partial charge in [0.2, 0.25) is 0 Å². The van der Waals surface area contributed by atoms with Crippen LogP contribution in [-0.4, -0.2) is 4.57 Å². The highest BCUT2D eigenvalue weighted by molar-refractivity contribution is 6.25. The lowest BCUT2D eigenvalue weighted by Gasteiger charge is -2.29. The second-order valence-corrected chi connectivity index (χ2v) is 17.0. The summed E-state index contributed by atoms with van der Waals surface area (Å²) in [5.41, 5.74) is 16.9. The van der Waals surface area contributed by atoms with Gasteiger partial charge in [-0.25, -0.2) is 0 Å². The van der Waals surface area contributed by atoms with E-state index < -0.39 is 0 Å². The van der Waals surface area contributed by atoms with Gasteiger partial charge in [-0.05, 0) is 109 Å². The van der Waals surface area contributed by atoms with Crippen LogP contribution in [0, 0.1) is 0 Å². The van der Waals surface area contributed by atoms with E-state index in [1.165, 1.54) is 87.9 Å². The van der Waals surface area contributed by atoms with Crippen molar-refractivity contribution in [2.45, 2.75) is 19.3 Å². The first-order valence-corrected chi connectivity index (χ1v) is 21.3. The monoisotopic (exact) mass is 778 g/mol. The molecule has 2 heteroatoms. The van der Waals surface area contributed by atoms with E-state index in [4.69, 9.17) is 0 Å². The van der Waals surface area contributed by atoms with E-state index in [9.17, 15) is 0 Å². The maximum atomic E-state index is 2.52. The second-order valence-electron chi connectivity index (χ2n) is 17.0. The van der Waals surface area contributed by atoms with Crippen LogP contribution in [-0.2, 0) is 5.41 Å². The maximum absolute atomic E-state index is 2.52. The topological polar surface area (TPSA) is 8.17 Å². The van der Waals surface area contributed by atoms with E-state index in [0.29, 0.717) is 0 Å². The van der Waals surface area contributed by atoms with Crippen LogP contribution in [0.15, 0.2) is 218 Å². The smallest absolute Gasteiger partial charge is 0.0640 e. The van der Waals surface area contributed by atoms with Crippen molar-refractivity contribution < 1.29 is 0 Å². The quantitative estimate of drug-likeness (QED) is 0.163. The Kier molecular flexibility index (Phi) is 7.92. The Morgan fingerprint density at radius 2 is 1.00 bits per heavy atom. The summed E-state index contributed by atoms with van der Waals surface area (Å²) in [5.74, 6) is 0. The Morgan fingerprint density at radius 3 is 1.79 bits per heavy atom. The summed E-state index contributed by atoms with van der Waals surface area (Å²) in [6.07, 6.45) is 0. The summed E-state index contributed by atoms with van der Waals surface area (Å²) in [5, 5.41) is 7.29. The van der Waals surface area contributed by atoms with Crippen molar-refractivity contribution in [1.82, 2.24) is 4.57 Å². The van der Waals surface area contributed by atoms with Gasteiger partial charge in [-0.3, -0.25) is 0 Å². The summed E-state index contributed by atoms with van der Waals surface area (Å²) >= 11 is 0. The van der Waals surface area contributed by atoms with Crippen LogP contribution in [0.1, 0.15) is 25.0 Å². The van der Waals surface area contributed by atoms with Crippen LogP contribution in [0.3, 0.4) is 0 Å². The van der Waals surface area contributed by atoms with E-state index >= 15 is 0 Å². The van der Waals surface area contributed by atoms with Gasteiger partial charge in [-0.2, -0.15) is 0 Å². The van der Waals surface area contributed by atoms with Gasteiger partial charge >= 0.3 is 0 Å². The Balaban J connectivity index is 1.19. The van der Waals surface area contributed by atoms with Gasteiger partial charge in [0.15, 0.2) is 0 Å². The second kappa shape index (κ2) is 13.7. The zero-order chi connectivity index (χ0) is 40.7. The molecule has 1 aromatic heterocycles. The molecule has 1 aliphatic rings. The third kappa shape index (κ3) is 5.56. The molecular weight excluding hydrogens is 737 g/mol. The van der Waals surface area contributed by atoms with E-state index in [2.05, 4.69) is 242 Å². The van der Waals surface area contributed by atoms with Crippen molar-refractivity contribution in [1.29, 1.82) is 0 Å². The van der Waals surface area contributed by atoms with Crippen molar-refractivity contribution in [2.24, 2.45) is 0 Å². The third-order valence-electron chi connectivity index (χ3n) is 13.1. The van der Waals surface area contributed by atoms with E-state index in [-0.39, 0.29) is 5.41 Å². The molecule has 0 N–H and O–H groups in total. The average Bonchev–Trinajstić information content (AvgIpc) is 3.78. The van der Waals surface area contributed by atoms with Crippen molar-refractivity contribution in [3.8, 4) is 39.1 Å². The first-order valence-electron chi connectivity index (χ1n) is 21.3. The summed E-state index contributed by atoms with van der Waals surface area (Å²) in [6.45, 7) is 4.74. The lowest BCUT2D eigenvalue weighted by atomic mass is 9.82. The summed E-state index contributed by atoms with van der Waals surface area (Å²) in [4.78, 5) is 2.51. The van der Waals surface area contributed by atoms with Crippen molar-refractivity contribution in [3.05, 3.63) is 230 Å². The highest BCUT2D eigenvalue weighted by Crippen LogP contribution is 2.52. The Bertz CT molecular complexity index is 3480. The Morgan fingerprint density at radius 1 is 0.393 bits per heavy atom. The van der Waals surface area contributed by atoms with Gasteiger partial charge in [0, 0.05) is 38.6 Å². The Hall–Kier alpha value is -7.68. The largest absolute Gasteiger partial charge is 0.310 e. The minimum atomic E-state index is -0.149. The third-order valence-corrected chi connectivity index (χ3v) is 13.1. The predicted molar refractivity (Wildman–Crippen MR) is 259 cm³/mol. The molecule has 0 unspecified atom stereocenters. The molecule has 0 radical (unpaired) electrons. The first kappa shape index (κ1) is 35.3. The van der Waals surface area contributed by atoms with Crippen LogP contribution in [0.5, 0.6) is 0 Å². The minimum absolute atomic E-state index is 0.149. The molecule has 0 atom stereocenters. The normalized spacial score (nSPS) is 12.9. The van der Waals surface area contributed by atoms with Crippen LogP contribution in [0.4, 0.5) is 17.1 Å². The van der Waals surface area contributed by atoms with Gasteiger partial charge in [0.25, 0.3) is 0 Å². The fourth-order valence-corrected chi connectivity index (χ4v) is 10.1. The number of nitrogens with zero attached hydrogens (tertiary/aromatic N) is 2. The molecule has 1 heterocycles. The molecule has 0 spiro atoms. The zero-order valence-corrected chi connectivity index (χ0v) is 34.2. The highest BCUT2D eigenvalue weighted by atomic mass is 15.1. The standard InChI is InChI=1S/C59H42N2/c1-59(2)53-24-14-13-23-50(53)51-34-32-48(38-54(51)59)60(46-29-25-42(26-30-46)39-15-5-3-6-16-39)56-37-45-21-11-12-22-49(45)58-57(56)52-33-28-44(40-17-7-4-8-18-40)36-55(52)61(58)47-31-27-41-19-9-10-20-43(41)35-47/h3-38H,1-2H3. The molecule has 0 bridgehead atoms. The molecule has 288 valence electrons. The predicted octanol–water partition coefficient (Wildman–Crippen LogP) is 16.2. The van der Waals surface area contributed by atoms with Gasteiger partial charge < -0.3 is 9.47 Å². The van der Waals surface area contributed by atoms with Crippen LogP contribution >= 0.6 is 0 Å². The molecule has 2 nitrogen and oxygen atoms in total. The fourth-order valence-electron chi connectivity index (χ4n) is 10.1. The zero-order valence-electron chi connectivity index (χ0n) is 34.2. The number of fused-ring (bicyclic) bond motifs is 9. The molecule has 11 aromatic rings. The van der Waals surface area contributed by atoms with Crippen molar-refractivity contribution >= 4 is 60.4 Å². The SMILES string of the molecule is CC1(C)c2ccccc2-c2ccc(N(c3ccc(-c4ccccc4)cc3)c3cc4ccccc4c4c3c3ccc(-c5ccccc5)cc3n4-c3ccc4ccccc4c3)cc21. The number of aromatic nitrogens is 1. The van der Waals surface area contributed by atoms with Crippen molar-refractivity contribution in [3.63, 3.8) is 0 Å². The fraction of sp³-hybridized carbons (Fsp3) is 0.0508. The molecule has 61 heavy (non-hydrogen) atoms. The van der Waals surface area contributed by atoms with Crippen LogP contribution in [0.2, 0.25) is 0 Å². The summed E-state index contributed by atoms with van der Waals surface area (Å²) in [7, 11) is 0. The minimum Gasteiger partial charge on any atom is -0.310 e. The van der Waals surface area contributed by atoms with Gasteiger partial charge in [0.05, 0.1) is 16.7 Å². The van der Waals surface area contributed by atoms with Crippen molar-refractivity contribution in [2.75, 3.05) is 4.90 Å². The molecule has 0 saturated heterocycles. The molecule has 0 amide bonds. The van der Waals surface area contributed by atoms with E-state index in [1.807, 2.05) is 0 Å². The Labute approximate surface area is 356 Å². The number of hydrogen-bond donors (Lipinski definition) is 0. The molecule has 0 fully saturated rings. The van der Waals surface area contributed by atoms with Gasteiger partial charge in [-0.1, -0.05) is 184 Å². The highest BCUT2D eigenvalue weighted by Gasteiger charge is 2.36. The molecular formula is C59H42N2. The van der Waals surface area contributed by atoms with Gasteiger partial charge in [-0.15, -0.1) is 0 Å². The lowest BCUT2D eigenvalue weighted by Crippen LogP contribution is -2.16. The molecule has 12 rings (SSSR count). The summed E-state index contributed by atoms with van der Waals surface area (Å²) < 4.78 is 2.52. The average molecular weight is 779 g/mol. The molecule has 0 saturated carbocycles. The van der Waals surface area contributed by atoms with Crippen LogP contribution in [0.25, 0.3) is 82.4 Å². The molecule has 1 aliphatic carbocycles. The molecule has 10 aromatic carbocycles. The summed E-state index contributed by atoms with van der Waals surface area (Å²) in [6, 6.07) is 80.6. The number of hydrogen-bond acceptors (Lipinski definition) is 1. The van der Waals surface area contributed by atoms with Gasteiger partial charge in [0.1, 0.15) is 0 Å². The molecule has 0 aliphatic heterocycles. The first-order chi connectivity index (χ1) is 30.0. The van der Waals surface area contributed by atoms with Crippen LogP contribution < -0.4 is 4.90 Å². The lowest BCUT2D eigenvalue weighted by molar-refractivity contribution is 0.660. The van der Waals surface area contributed by atoms with E-state index in [1.54, 1.807) is 0 Å². The maximum Gasteiger partial charge on any atom is 0.0640 e. The van der Waals surface area contributed by atoms with E-state index in [0.717, 1.165) is 22.7 Å².